The number of halogens is 1. The zero-order valence-corrected chi connectivity index (χ0v) is 13.9. The van der Waals surface area contributed by atoms with Crippen molar-refractivity contribution in [2.24, 2.45) is 0 Å². The molecule has 21 heavy (non-hydrogen) atoms. The maximum Gasteiger partial charge on any atom is 0.120 e. The highest BCUT2D eigenvalue weighted by Gasteiger charge is 2.03. The molecule has 0 unspecified atom stereocenters. The normalized spacial score (nSPS) is 11.0. The lowest BCUT2D eigenvalue weighted by Crippen LogP contribution is -2.20. The quantitative estimate of drug-likeness (QED) is 0.676. The first-order chi connectivity index (χ1) is 10.3. The Bertz CT molecular complexity index is 542. The summed E-state index contributed by atoms with van der Waals surface area (Å²) in [5, 5.41) is 3.33. The Morgan fingerprint density at radius 2 is 2.24 bits per heavy atom. The van der Waals surface area contributed by atoms with Gasteiger partial charge in [-0.1, -0.05) is 41.4 Å². The number of aromatic amines is 1. The molecule has 2 rings (SSSR count). The molecule has 0 spiro atoms. The molecule has 2 N–H and O–H groups in total. The molecule has 2 aromatic rings. The van der Waals surface area contributed by atoms with Gasteiger partial charge < -0.3 is 15.0 Å². The molecule has 0 saturated carbocycles. The van der Waals surface area contributed by atoms with E-state index in [0.29, 0.717) is 0 Å². The summed E-state index contributed by atoms with van der Waals surface area (Å²) in [6.45, 7) is 5.34. The number of benzene rings is 1. The first-order valence-corrected chi connectivity index (χ1v) is 8.17. The van der Waals surface area contributed by atoms with E-state index in [0.717, 1.165) is 54.3 Å². The minimum absolute atomic E-state index is 0.727. The summed E-state index contributed by atoms with van der Waals surface area (Å²) in [6, 6.07) is 8.18. The van der Waals surface area contributed by atoms with Gasteiger partial charge in [-0.15, -0.1) is 0 Å². The molecule has 0 atom stereocenters. The van der Waals surface area contributed by atoms with Crippen molar-refractivity contribution < 1.29 is 4.74 Å². The fraction of sp³-hybridized carbons (Fsp3) is 0.438. The number of rotatable bonds is 9. The number of aromatic nitrogens is 2. The van der Waals surface area contributed by atoms with Crippen LogP contribution in [0, 0.1) is 0 Å². The first kappa shape index (κ1) is 16.2. The van der Waals surface area contributed by atoms with Gasteiger partial charge in [0.25, 0.3) is 0 Å². The van der Waals surface area contributed by atoms with Crippen molar-refractivity contribution in [3.8, 4) is 11.3 Å². The van der Waals surface area contributed by atoms with Crippen LogP contribution in [0.5, 0.6) is 0 Å². The van der Waals surface area contributed by atoms with Gasteiger partial charge in [-0.05, 0) is 18.6 Å². The van der Waals surface area contributed by atoms with E-state index in [-0.39, 0.29) is 0 Å². The number of ether oxygens (including phenoxy) is 1. The van der Waals surface area contributed by atoms with Crippen molar-refractivity contribution in [2.45, 2.75) is 26.3 Å². The van der Waals surface area contributed by atoms with Gasteiger partial charge in [-0.2, -0.15) is 0 Å². The van der Waals surface area contributed by atoms with Crippen LogP contribution >= 0.6 is 15.9 Å². The van der Waals surface area contributed by atoms with Crippen molar-refractivity contribution in [3.63, 3.8) is 0 Å². The fourth-order valence-corrected chi connectivity index (χ4v) is 2.35. The second-order valence-electron chi connectivity index (χ2n) is 4.90. The lowest BCUT2D eigenvalue weighted by Gasteiger charge is -2.04. The first-order valence-electron chi connectivity index (χ1n) is 7.38. The Hall–Kier alpha value is -1.17. The molecule has 0 aliphatic rings. The van der Waals surface area contributed by atoms with Crippen LogP contribution in [0.25, 0.3) is 11.3 Å². The van der Waals surface area contributed by atoms with Crippen molar-refractivity contribution in [1.29, 1.82) is 0 Å². The Labute approximate surface area is 134 Å². The number of nitrogens with zero attached hydrogens (tertiary/aromatic N) is 1. The van der Waals surface area contributed by atoms with Crippen LogP contribution in [0.15, 0.2) is 34.9 Å². The van der Waals surface area contributed by atoms with Crippen LogP contribution < -0.4 is 5.32 Å². The molecule has 0 amide bonds. The summed E-state index contributed by atoms with van der Waals surface area (Å²) in [5.41, 5.74) is 2.17. The predicted octanol–water partition coefficient (Wildman–Crippen LogP) is 3.75. The molecule has 0 bridgehead atoms. The Kier molecular flexibility index (Phi) is 6.92. The lowest BCUT2D eigenvalue weighted by molar-refractivity contribution is 0.132. The number of H-pyrrole nitrogens is 1. The second-order valence-corrected chi connectivity index (χ2v) is 5.81. The third-order valence-electron chi connectivity index (χ3n) is 3.12. The summed E-state index contributed by atoms with van der Waals surface area (Å²) in [5.74, 6) is 0.943. The fourth-order valence-electron chi connectivity index (χ4n) is 1.95. The van der Waals surface area contributed by atoms with Gasteiger partial charge in [0.15, 0.2) is 0 Å². The zero-order chi connectivity index (χ0) is 14.9. The Morgan fingerprint density at radius 3 is 3.05 bits per heavy atom. The standard InChI is InChI=1S/C16H22BrN3O/c1-2-3-8-21-9-7-18-12-16-19-11-15(20-16)13-5-4-6-14(17)10-13/h4-6,10-11,18H,2-3,7-9,12H2,1H3,(H,19,20). The molecule has 1 heterocycles. The highest BCUT2D eigenvalue weighted by molar-refractivity contribution is 9.10. The van der Waals surface area contributed by atoms with Crippen LogP contribution in [0.1, 0.15) is 25.6 Å². The van der Waals surface area contributed by atoms with Crippen molar-refractivity contribution in [2.75, 3.05) is 19.8 Å². The van der Waals surface area contributed by atoms with Crippen LogP contribution in [-0.4, -0.2) is 29.7 Å². The van der Waals surface area contributed by atoms with Crippen LogP contribution in [-0.2, 0) is 11.3 Å². The average molecular weight is 352 g/mol. The molecular formula is C16H22BrN3O. The van der Waals surface area contributed by atoms with E-state index in [2.05, 4.69) is 50.3 Å². The lowest BCUT2D eigenvalue weighted by atomic mass is 10.2. The van der Waals surface area contributed by atoms with E-state index < -0.39 is 0 Å². The molecule has 114 valence electrons. The van der Waals surface area contributed by atoms with Gasteiger partial charge >= 0.3 is 0 Å². The SMILES string of the molecule is CCCCOCCNCc1ncc(-c2cccc(Br)c2)[nH]1. The molecule has 1 aromatic carbocycles. The third-order valence-corrected chi connectivity index (χ3v) is 3.62. The van der Waals surface area contributed by atoms with Gasteiger partial charge in [0.05, 0.1) is 25.0 Å². The molecule has 0 saturated heterocycles. The molecule has 4 nitrogen and oxygen atoms in total. The molecule has 1 aromatic heterocycles. The van der Waals surface area contributed by atoms with Gasteiger partial charge in [0, 0.05) is 23.2 Å². The summed E-state index contributed by atoms with van der Waals surface area (Å²) >= 11 is 3.48. The number of nitrogens with one attached hydrogen (secondary N) is 2. The highest BCUT2D eigenvalue weighted by Crippen LogP contribution is 2.21. The van der Waals surface area contributed by atoms with Crippen molar-refractivity contribution in [1.82, 2.24) is 15.3 Å². The Morgan fingerprint density at radius 1 is 1.33 bits per heavy atom. The van der Waals surface area contributed by atoms with Crippen LogP contribution in [0.3, 0.4) is 0 Å². The Balaban J connectivity index is 1.73. The van der Waals surface area contributed by atoms with E-state index in [1.54, 1.807) is 0 Å². The van der Waals surface area contributed by atoms with Gasteiger partial charge in [0.2, 0.25) is 0 Å². The van der Waals surface area contributed by atoms with E-state index in [4.69, 9.17) is 4.74 Å². The molecule has 0 radical (unpaired) electrons. The highest BCUT2D eigenvalue weighted by atomic mass is 79.9. The monoisotopic (exact) mass is 351 g/mol. The van der Waals surface area contributed by atoms with Gasteiger partial charge in [-0.3, -0.25) is 0 Å². The largest absolute Gasteiger partial charge is 0.380 e. The zero-order valence-electron chi connectivity index (χ0n) is 12.4. The van der Waals surface area contributed by atoms with E-state index >= 15 is 0 Å². The summed E-state index contributed by atoms with van der Waals surface area (Å²) in [4.78, 5) is 7.73. The minimum Gasteiger partial charge on any atom is -0.380 e. The van der Waals surface area contributed by atoms with Crippen molar-refractivity contribution in [3.05, 3.63) is 40.8 Å². The van der Waals surface area contributed by atoms with Gasteiger partial charge in [0.1, 0.15) is 5.82 Å². The smallest absolute Gasteiger partial charge is 0.120 e. The average Bonchev–Trinajstić information content (AvgIpc) is 2.95. The van der Waals surface area contributed by atoms with Crippen LogP contribution in [0.4, 0.5) is 0 Å². The summed E-state index contributed by atoms with van der Waals surface area (Å²) < 4.78 is 6.57. The molecule has 5 heteroatoms. The number of imidazole rings is 1. The van der Waals surface area contributed by atoms with Crippen LogP contribution in [0.2, 0.25) is 0 Å². The molecule has 0 fully saturated rings. The maximum atomic E-state index is 5.50. The predicted molar refractivity (Wildman–Crippen MR) is 89.2 cm³/mol. The topological polar surface area (TPSA) is 49.9 Å². The number of hydrogen-bond acceptors (Lipinski definition) is 3. The molecule has 0 aliphatic carbocycles. The number of hydrogen-bond donors (Lipinski definition) is 2. The summed E-state index contributed by atoms with van der Waals surface area (Å²) in [7, 11) is 0. The van der Waals surface area contributed by atoms with E-state index in [1.165, 1.54) is 6.42 Å². The van der Waals surface area contributed by atoms with Gasteiger partial charge in [-0.25, -0.2) is 4.98 Å². The summed E-state index contributed by atoms with van der Waals surface area (Å²) in [6.07, 6.45) is 4.18. The molecule has 0 aliphatic heterocycles. The third kappa shape index (κ3) is 5.61. The van der Waals surface area contributed by atoms with E-state index in [1.807, 2.05) is 18.3 Å². The second kappa shape index (κ2) is 8.97. The minimum atomic E-state index is 0.727. The van der Waals surface area contributed by atoms with Crippen molar-refractivity contribution >= 4 is 15.9 Å². The number of unbranched alkanes of at least 4 members (excludes halogenated alkanes) is 1. The molecular weight excluding hydrogens is 330 g/mol. The maximum absolute atomic E-state index is 5.50. The van der Waals surface area contributed by atoms with E-state index in [9.17, 15) is 0 Å².